The molecule has 1 saturated carbocycles. The van der Waals surface area contributed by atoms with Crippen LogP contribution in [0.5, 0.6) is 0 Å². The van der Waals surface area contributed by atoms with Crippen molar-refractivity contribution in [3.8, 4) is 0 Å². The van der Waals surface area contributed by atoms with Gasteiger partial charge in [-0.2, -0.15) is 0 Å². The zero-order valence-corrected chi connectivity index (χ0v) is 15.2. The van der Waals surface area contributed by atoms with Gasteiger partial charge in [0.2, 0.25) is 11.8 Å². The van der Waals surface area contributed by atoms with Crippen molar-refractivity contribution >= 4 is 35.0 Å². The van der Waals surface area contributed by atoms with Crippen LogP contribution >= 0.6 is 23.2 Å². The maximum Gasteiger partial charge on any atom is 0.235 e. The Morgan fingerprint density at radius 1 is 1.17 bits per heavy atom. The van der Waals surface area contributed by atoms with Gasteiger partial charge < -0.3 is 15.4 Å². The molecular formula is C17H22Cl2N2O3. The third-order valence-corrected chi connectivity index (χ3v) is 4.71. The van der Waals surface area contributed by atoms with Gasteiger partial charge in [0.1, 0.15) is 5.41 Å². The second-order valence-electron chi connectivity index (χ2n) is 5.93. The number of ether oxygens (including phenoxy) is 1. The molecule has 1 fully saturated rings. The van der Waals surface area contributed by atoms with Crippen LogP contribution in [0.1, 0.15) is 24.8 Å². The normalized spacial score (nSPS) is 15.0. The standard InChI is InChI=1S/C17H22Cl2N2O3/c1-24-10-2-8-20-15(22)17(6-7-17)16(23)21-9-5-12-3-4-13(18)11-14(12)19/h3-4,11H,2,5-10H2,1H3,(H,20,22)(H,21,23). The van der Waals surface area contributed by atoms with E-state index in [2.05, 4.69) is 10.6 Å². The number of methoxy groups -OCH3 is 1. The lowest BCUT2D eigenvalue weighted by molar-refractivity contribution is -0.137. The Morgan fingerprint density at radius 2 is 1.83 bits per heavy atom. The summed E-state index contributed by atoms with van der Waals surface area (Å²) in [5.41, 5.74) is 0.0202. The predicted octanol–water partition coefficient (Wildman–Crippen LogP) is 2.59. The van der Waals surface area contributed by atoms with Crippen LogP contribution in [-0.4, -0.2) is 38.6 Å². The number of amides is 2. The number of carbonyl (C=O) groups excluding carboxylic acids is 2. The van der Waals surface area contributed by atoms with Crippen LogP contribution in [-0.2, 0) is 20.7 Å². The minimum Gasteiger partial charge on any atom is -0.385 e. The fourth-order valence-corrected chi connectivity index (χ4v) is 2.98. The van der Waals surface area contributed by atoms with Crippen molar-refractivity contribution in [2.24, 2.45) is 5.41 Å². The van der Waals surface area contributed by atoms with Crippen molar-refractivity contribution in [3.63, 3.8) is 0 Å². The topological polar surface area (TPSA) is 67.4 Å². The number of benzene rings is 1. The molecule has 1 aromatic rings. The summed E-state index contributed by atoms with van der Waals surface area (Å²) in [4.78, 5) is 24.5. The number of hydrogen-bond donors (Lipinski definition) is 2. The highest BCUT2D eigenvalue weighted by Gasteiger charge is 2.56. The summed E-state index contributed by atoms with van der Waals surface area (Å²) < 4.78 is 4.93. The quantitative estimate of drug-likeness (QED) is 0.517. The molecule has 0 aliphatic heterocycles. The fourth-order valence-electron chi connectivity index (χ4n) is 2.47. The van der Waals surface area contributed by atoms with Gasteiger partial charge in [0.05, 0.1) is 0 Å². The van der Waals surface area contributed by atoms with Gasteiger partial charge >= 0.3 is 0 Å². The van der Waals surface area contributed by atoms with Crippen molar-refractivity contribution < 1.29 is 14.3 Å². The Kier molecular flexibility index (Phi) is 6.90. The number of rotatable bonds is 9. The van der Waals surface area contributed by atoms with Gasteiger partial charge in [0.15, 0.2) is 0 Å². The maximum absolute atomic E-state index is 12.3. The molecule has 1 aliphatic rings. The Bertz CT molecular complexity index is 603. The second kappa shape index (κ2) is 8.70. The molecule has 132 valence electrons. The summed E-state index contributed by atoms with van der Waals surface area (Å²) in [5, 5.41) is 6.81. The van der Waals surface area contributed by atoms with Crippen molar-refractivity contribution in [1.29, 1.82) is 0 Å². The number of hydrogen-bond acceptors (Lipinski definition) is 3. The molecule has 2 N–H and O–H groups in total. The number of carbonyl (C=O) groups is 2. The first-order valence-corrected chi connectivity index (χ1v) is 8.74. The second-order valence-corrected chi connectivity index (χ2v) is 6.77. The zero-order chi connectivity index (χ0) is 17.6. The molecule has 0 heterocycles. The van der Waals surface area contributed by atoms with E-state index in [9.17, 15) is 9.59 Å². The number of nitrogens with one attached hydrogen (secondary N) is 2. The van der Waals surface area contributed by atoms with Gasteiger partial charge in [-0.05, 0) is 43.4 Å². The maximum atomic E-state index is 12.3. The van der Waals surface area contributed by atoms with E-state index >= 15 is 0 Å². The molecule has 0 atom stereocenters. The van der Waals surface area contributed by atoms with E-state index in [0.29, 0.717) is 49.0 Å². The molecule has 1 aliphatic carbocycles. The molecule has 0 radical (unpaired) electrons. The third kappa shape index (κ3) is 4.85. The van der Waals surface area contributed by atoms with E-state index in [1.54, 1.807) is 19.2 Å². The van der Waals surface area contributed by atoms with Gasteiger partial charge in [0, 0.05) is 36.9 Å². The molecule has 0 aromatic heterocycles. The lowest BCUT2D eigenvalue weighted by Gasteiger charge is -2.15. The van der Waals surface area contributed by atoms with Gasteiger partial charge in [-0.15, -0.1) is 0 Å². The van der Waals surface area contributed by atoms with Gasteiger partial charge in [0.25, 0.3) is 0 Å². The summed E-state index contributed by atoms with van der Waals surface area (Å²) in [6.07, 6.45) is 2.51. The molecule has 0 bridgehead atoms. The van der Waals surface area contributed by atoms with Crippen LogP contribution in [0, 0.1) is 5.41 Å². The largest absolute Gasteiger partial charge is 0.385 e. The zero-order valence-electron chi connectivity index (χ0n) is 13.7. The molecule has 7 heteroatoms. The summed E-state index contributed by atoms with van der Waals surface area (Å²) >= 11 is 12.0. The van der Waals surface area contributed by atoms with Crippen LogP contribution in [0.2, 0.25) is 10.0 Å². The van der Waals surface area contributed by atoms with E-state index in [4.69, 9.17) is 27.9 Å². The molecule has 0 spiro atoms. The molecule has 24 heavy (non-hydrogen) atoms. The van der Waals surface area contributed by atoms with Crippen molar-refractivity contribution in [2.45, 2.75) is 25.7 Å². The molecule has 2 amide bonds. The van der Waals surface area contributed by atoms with E-state index in [0.717, 1.165) is 12.0 Å². The highest BCUT2D eigenvalue weighted by Crippen LogP contribution is 2.46. The van der Waals surface area contributed by atoms with Crippen molar-refractivity contribution in [2.75, 3.05) is 26.8 Å². The molecule has 0 unspecified atom stereocenters. The average Bonchev–Trinajstić information content (AvgIpc) is 3.35. The van der Waals surface area contributed by atoms with Gasteiger partial charge in [-0.25, -0.2) is 0 Å². The van der Waals surface area contributed by atoms with Crippen molar-refractivity contribution in [1.82, 2.24) is 10.6 Å². The predicted molar refractivity (Wildman–Crippen MR) is 94.3 cm³/mol. The summed E-state index contributed by atoms with van der Waals surface area (Å²) in [6.45, 7) is 1.53. The first-order chi connectivity index (χ1) is 11.5. The Labute approximate surface area is 152 Å². The first-order valence-electron chi connectivity index (χ1n) is 7.99. The Balaban J connectivity index is 1.78. The van der Waals surface area contributed by atoms with Crippen LogP contribution in [0.15, 0.2) is 18.2 Å². The third-order valence-electron chi connectivity index (χ3n) is 4.13. The van der Waals surface area contributed by atoms with E-state index in [-0.39, 0.29) is 11.8 Å². The van der Waals surface area contributed by atoms with Crippen LogP contribution < -0.4 is 10.6 Å². The van der Waals surface area contributed by atoms with Gasteiger partial charge in [-0.3, -0.25) is 9.59 Å². The smallest absolute Gasteiger partial charge is 0.235 e. The lowest BCUT2D eigenvalue weighted by Crippen LogP contribution is -2.44. The van der Waals surface area contributed by atoms with E-state index < -0.39 is 5.41 Å². The Morgan fingerprint density at radius 3 is 2.42 bits per heavy atom. The van der Waals surface area contributed by atoms with E-state index in [1.807, 2.05) is 6.07 Å². The first kappa shape index (κ1) is 19.0. The highest BCUT2D eigenvalue weighted by molar-refractivity contribution is 6.35. The molecule has 2 rings (SSSR count). The molecule has 5 nitrogen and oxygen atoms in total. The van der Waals surface area contributed by atoms with Crippen LogP contribution in [0.25, 0.3) is 0 Å². The fraction of sp³-hybridized carbons (Fsp3) is 0.529. The van der Waals surface area contributed by atoms with Crippen molar-refractivity contribution in [3.05, 3.63) is 33.8 Å². The Hall–Kier alpha value is -1.30. The summed E-state index contributed by atoms with van der Waals surface area (Å²) in [5.74, 6) is -0.405. The van der Waals surface area contributed by atoms with Crippen LogP contribution in [0.4, 0.5) is 0 Å². The highest BCUT2D eigenvalue weighted by atomic mass is 35.5. The van der Waals surface area contributed by atoms with E-state index in [1.165, 1.54) is 0 Å². The van der Waals surface area contributed by atoms with Crippen LogP contribution in [0.3, 0.4) is 0 Å². The minimum atomic E-state index is -0.892. The van der Waals surface area contributed by atoms with Gasteiger partial charge in [-0.1, -0.05) is 29.3 Å². The molecule has 0 saturated heterocycles. The summed E-state index contributed by atoms with van der Waals surface area (Å²) in [7, 11) is 1.62. The molecule has 1 aromatic carbocycles. The monoisotopic (exact) mass is 372 g/mol. The lowest BCUT2D eigenvalue weighted by atomic mass is 10.0. The minimum absolute atomic E-state index is 0.194. The molecular weight excluding hydrogens is 351 g/mol. The SMILES string of the molecule is COCCCNC(=O)C1(C(=O)NCCc2ccc(Cl)cc2Cl)CC1. The average molecular weight is 373 g/mol. The number of halogens is 2. The summed E-state index contributed by atoms with van der Waals surface area (Å²) in [6, 6.07) is 5.28.